The summed E-state index contributed by atoms with van der Waals surface area (Å²) < 4.78 is 0. The topological polar surface area (TPSA) is 38.0 Å². The lowest BCUT2D eigenvalue weighted by Gasteiger charge is -2.09. The van der Waals surface area contributed by atoms with Crippen LogP contribution in [0.25, 0.3) is 0 Å². The Morgan fingerprint density at radius 3 is 2.41 bits per heavy atom. The summed E-state index contributed by atoms with van der Waals surface area (Å²) >= 11 is 0. The smallest absolute Gasteiger partial charge is 0.0387 e. The van der Waals surface area contributed by atoms with Gasteiger partial charge in [-0.2, -0.15) is 0 Å². The Hall–Kier alpha value is -1.80. The molecule has 2 heteroatoms. The molecule has 0 fully saturated rings. The van der Waals surface area contributed by atoms with Crippen LogP contribution < -0.4 is 11.1 Å². The summed E-state index contributed by atoms with van der Waals surface area (Å²) in [6.45, 7) is 4.81. The van der Waals surface area contributed by atoms with Crippen LogP contribution in [-0.2, 0) is 6.54 Å². The molecule has 0 bridgehead atoms. The van der Waals surface area contributed by atoms with Crippen LogP contribution in [0.3, 0.4) is 0 Å². The van der Waals surface area contributed by atoms with Crippen LogP contribution >= 0.6 is 0 Å². The monoisotopic (exact) mass is 226 g/mol. The minimum Gasteiger partial charge on any atom is -0.356 e. The largest absolute Gasteiger partial charge is 0.356 e. The first kappa shape index (κ1) is 11.7. The zero-order valence-electron chi connectivity index (χ0n) is 10.3. The van der Waals surface area contributed by atoms with E-state index < -0.39 is 0 Å². The van der Waals surface area contributed by atoms with Crippen LogP contribution in [0, 0.1) is 13.8 Å². The third-order valence-electron chi connectivity index (χ3n) is 2.96. The minimum absolute atomic E-state index is 0.572. The molecule has 17 heavy (non-hydrogen) atoms. The molecular weight excluding hydrogens is 208 g/mol. The fourth-order valence-corrected chi connectivity index (χ4v) is 1.76. The predicted molar refractivity (Wildman–Crippen MR) is 73.5 cm³/mol. The molecule has 0 heterocycles. The Morgan fingerprint density at radius 2 is 1.71 bits per heavy atom. The summed E-state index contributed by atoms with van der Waals surface area (Å²) in [5, 5.41) is 3.39. The number of rotatable bonds is 3. The van der Waals surface area contributed by atoms with E-state index in [9.17, 15) is 0 Å². The van der Waals surface area contributed by atoms with Crippen molar-refractivity contribution in [3.63, 3.8) is 0 Å². The molecule has 0 radical (unpaired) electrons. The predicted octanol–water partition coefficient (Wildman–Crippen LogP) is 3.51. The van der Waals surface area contributed by atoms with Gasteiger partial charge in [0, 0.05) is 17.9 Å². The minimum atomic E-state index is 0.572. The fraction of sp³-hybridized carbons (Fsp3) is 0.200. The maximum absolute atomic E-state index is 5.63. The van der Waals surface area contributed by atoms with Gasteiger partial charge in [-0.25, -0.2) is 0 Å². The third kappa shape index (κ3) is 2.86. The van der Waals surface area contributed by atoms with E-state index in [4.69, 9.17) is 5.73 Å². The molecular formula is C15H18N2. The van der Waals surface area contributed by atoms with Gasteiger partial charge < -0.3 is 11.1 Å². The van der Waals surface area contributed by atoms with Gasteiger partial charge in [0.15, 0.2) is 0 Å². The maximum Gasteiger partial charge on any atom is 0.0387 e. The standard InChI is InChI=1S/C15H18N2/c1-11-6-7-15(8-12(11)2)17-14-5-3-4-13(9-14)10-16/h3-9,17H,10,16H2,1-2H3. The number of hydrogen-bond acceptors (Lipinski definition) is 2. The summed E-state index contributed by atoms with van der Waals surface area (Å²) in [5.74, 6) is 0. The van der Waals surface area contributed by atoms with Crippen LogP contribution in [0.4, 0.5) is 11.4 Å². The molecule has 0 amide bonds. The summed E-state index contributed by atoms with van der Waals surface area (Å²) in [5.41, 5.74) is 11.6. The first-order valence-electron chi connectivity index (χ1n) is 5.82. The first-order valence-corrected chi connectivity index (χ1v) is 5.82. The molecule has 0 saturated heterocycles. The molecule has 0 aliphatic rings. The quantitative estimate of drug-likeness (QED) is 0.840. The van der Waals surface area contributed by atoms with Gasteiger partial charge in [-0.1, -0.05) is 18.2 Å². The molecule has 0 aromatic heterocycles. The number of hydrogen-bond donors (Lipinski definition) is 2. The van der Waals surface area contributed by atoms with Crippen molar-refractivity contribution in [3.05, 3.63) is 59.2 Å². The summed E-state index contributed by atoms with van der Waals surface area (Å²) in [6.07, 6.45) is 0. The molecule has 0 saturated carbocycles. The van der Waals surface area contributed by atoms with Gasteiger partial charge in [0.1, 0.15) is 0 Å². The van der Waals surface area contributed by atoms with E-state index in [0.29, 0.717) is 6.54 Å². The van der Waals surface area contributed by atoms with Crippen molar-refractivity contribution in [2.45, 2.75) is 20.4 Å². The molecule has 2 aromatic rings. The SMILES string of the molecule is Cc1ccc(Nc2cccc(CN)c2)cc1C. The number of nitrogens with one attached hydrogen (secondary N) is 1. The highest BCUT2D eigenvalue weighted by molar-refractivity contribution is 5.61. The van der Waals surface area contributed by atoms with Crippen molar-refractivity contribution in [2.24, 2.45) is 5.73 Å². The average Bonchev–Trinajstić information content (AvgIpc) is 2.34. The van der Waals surface area contributed by atoms with E-state index in [-0.39, 0.29) is 0 Å². The maximum atomic E-state index is 5.63. The van der Waals surface area contributed by atoms with Gasteiger partial charge in [0.2, 0.25) is 0 Å². The molecule has 0 atom stereocenters. The zero-order valence-corrected chi connectivity index (χ0v) is 10.3. The highest BCUT2D eigenvalue weighted by Gasteiger charge is 1.98. The van der Waals surface area contributed by atoms with Gasteiger partial charge in [-0.05, 0) is 54.8 Å². The van der Waals surface area contributed by atoms with Crippen molar-refractivity contribution in [2.75, 3.05) is 5.32 Å². The van der Waals surface area contributed by atoms with E-state index in [1.807, 2.05) is 18.2 Å². The molecule has 0 aliphatic heterocycles. The molecule has 2 rings (SSSR count). The van der Waals surface area contributed by atoms with Gasteiger partial charge in [0.25, 0.3) is 0 Å². The Balaban J connectivity index is 2.22. The Morgan fingerprint density at radius 1 is 0.941 bits per heavy atom. The van der Waals surface area contributed by atoms with E-state index in [1.54, 1.807) is 0 Å². The lowest BCUT2D eigenvalue weighted by atomic mass is 10.1. The van der Waals surface area contributed by atoms with Crippen LogP contribution in [0.1, 0.15) is 16.7 Å². The lowest BCUT2D eigenvalue weighted by molar-refractivity contribution is 1.07. The number of nitrogens with two attached hydrogens (primary N) is 1. The zero-order chi connectivity index (χ0) is 12.3. The van der Waals surface area contributed by atoms with Crippen LogP contribution in [0.15, 0.2) is 42.5 Å². The summed E-state index contributed by atoms with van der Waals surface area (Å²) in [4.78, 5) is 0. The molecule has 0 spiro atoms. The first-order chi connectivity index (χ1) is 8.19. The normalized spacial score (nSPS) is 10.3. The Labute approximate surface area is 102 Å². The molecule has 3 N–H and O–H groups in total. The molecule has 88 valence electrons. The molecule has 0 unspecified atom stereocenters. The van der Waals surface area contributed by atoms with Crippen molar-refractivity contribution < 1.29 is 0 Å². The Kier molecular flexibility index (Phi) is 3.45. The third-order valence-corrected chi connectivity index (χ3v) is 2.96. The highest BCUT2D eigenvalue weighted by atomic mass is 14.9. The van der Waals surface area contributed by atoms with Gasteiger partial charge >= 0.3 is 0 Å². The second-order valence-corrected chi connectivity index (χ2v) is 4.33. The summed E-state index contributed by atoms with van der Waals surface area (Å²) in [6, 6.07) is 14.6. The highest BCUT2D eigenvalue weighted by Crippen LogP contribution is 2.20. The molecule has 2 aromatic carbocycles. The summed E-state index contributed by atoms with van der Waals surface area (Å²) in [7, 11) is 0. The van der Waals surface area contributed by atoms with E-state index in [1.165, 1.54) is 11.1 Å². The van der Waals surface area contributed by atoms with Gasteiger partial charge in [-0.15, -0.1) is 0 Å². The second kappa shape index (κ2) is 5.02. The molecule has 2 nitrogen and oxygen atoms in total. The van der Waals surface area contributed by atoms with Crippen molar-refractivity contribution in [1.29, 1.82) is 0 Å². The van der Waals surface area contributed by atoms with Crippen LogP contribution in [-0.4, -0.2) is 0 Å². The van der Waals surface area contributed by atoms with Crippen molar-refractivity contribution in [1.82, 2.24) is 0 Å². The second-order valence-electron chi connectivity index (χ2n) is 4.33. The van der Waals surface area contributed by atoms with E-state index in [0.717, 1.165) is 16.9 Å². The lowest BCUT2D eigenvalue weighted by Crippen LogP contribution is -1.97. The molecule has 0 aliphatic carbocycles. The van der Waals surface area contributed by atoms with E-state index >= 15 is 0 Å². The number of aryl methyl sites for hydroxylation is 2. The van der Waals surface area contributed by atoms with Gasteiger partial charge in [-0.3, -0.25) is 0 Å². The van der Waals surface area contributed by atoms with Crippen molar-refractivity contribution in [3.8, 4) is 0 Å². The van der Waals surface area contributed by atoms with Crippen LogP contribution in [0.5, 0.6) is 0 Å². The van der Waals surface area contributed by atoms with Crippen molar-refractivity contribution >= 4 is 11.4 Å². The van der Waals surface area contributed by atoms with Crippen LogP contribution in [0.2, 0.25) is 0 Å². The Bertz CT molecular complexity index is 518. The van der Waals surface area contributed by atoms with Gasteiger partial charge in [0.05, 0.1) is 0 Å². The number of benzene rings is 2. The average molecular weight is 226 g/mol. The number of anilines is 2. The fourth-order valence-electron chi connectivity index (χ4n) is 1.76. The van der Waals surface area contributed by atoms with E-state index in [2.05, 4.69) is 43.4 Å².